The molecule has 8 nitrogen and oxygen atoms in total. The summed E-state index contributed by atoms with van der Waals surface area (Å²) >= 11 is 0. The zero-order chi connectivity index (χ0) is 29.5. The van der Waals surface area contributed by atoms with Crippen molar-refractivity contribution in [1.29, 1.82) is 0 Å². The number of fused-ring (bicyclic) bond motifs is 1. The summed E-state index contributed by atoms with van der Waals surface area (Å²) in [5.41, 5.74) is 3.47. The fourth-order valence-corrected chi connectivity index (χ4v) is 4.62. The van der Waals surface area contributed by atoms with E-state index in [9.17, 15) is 4.79 Å². The second-order valence-electron chi connectivity index (χ2n) is 9.10. The standard InChI is InChI=1S/C29H28FN7O.C3H4/c1-5-23(30)27-24(6-2)35(18-20-12-14-21(15-13-20)36-17-9-16-32-36)19-22-28(27)33-37(29(22)38)26-11-8-7-10-25(26)34(4)31-3;1-3-2/h6-17,19H,3,5,18H2,1-2,4H3;1H,2H3/b24-6+,27-23-;. The first-order valence-electron chi connectivity index (χ1n) is 13.1. The Morgan fingerprint density at radius 1 is 1.20 bits per heavy atom. The van der Waals surface area contributed by atoms with Gasteiger partial charge in [-0.15, -0.1) is 12.3 Å². The number of halogens is 1. The summed E-state index contributed by atoms with van der Waals surface area (Å²) < 4.78 is 20.5. The van der Waals surface area contributed by atoms with Gasteiger partial charge in [0.15, 0.2) is 0 Å². The highest BCUT2D eigenvalue weighted by molar-refractivity contribution is 5.67. The Morgan fingerprint density at radius 2 is 1.90 bits per heavy atom. The molecule has 3 aromatic rings. The Hall–Kier alpha value is -5.23. The lowest BCUT2D eigenvalue weighted by atomic mass is 10.1. The molecule has 0 saturated carbocycles. The van der Waals surface area contributed by atoms with Crippen LogP contribution in [0.25, 0.3) is 34.5 Å². The van der Waals surface area contributed by atoms with Crippen LogP contribution in [0.4, 0.5) is 10.1 Å². The van der Waals surface area contributed by atoms with Crippen LogP contribution < -0.4 is 21.1 Å². The SMILES string of the molecule is C#CC.C=NN(C)c1ccccc1-n1nc2c(=C(\F)CC)/c(=C\C)n(Cc3ccc(-n4cccn4)cc3)cc-2c1=O. The maximum Gasteiger partial charge on any atom is 0.282 e. The molecule has 0 amide bonds. The molecule has 9 heteroatoms. The van der Waals surface area contributed by atoms with E-state index >= 15 is 4.39 Å². The molecule has 0 saturated heterocycles. The Kier molecular flexibility index (Phi) is 8.95. The van der Waals surface area contributed by atoms with Crippen LogP contribution in [0.2, 0.25) is 0 Å². The summed E-state index contributed by atoms with van der Waals surface area (Å²) in [6, 6.07) is 17.1. The van der Waals surface area contributed by atoms with Gasteiger partial charge in [0.2, 0.25) is 0 Å². The Balaban J connectivity index is 0.00000124. The van der Waals surface area contributed by atoms with Crippen LogP contribution in [0.5, 0.6) is 0 Å². The van der Waals surface area contributed by atoms with E-state index in [2.05, 4.69) is 34.4 Å². The van der Waals surface area contributed by atoms with Gasteiger partial charge in [0.05, 0.1) is 27.8 Å². The fraction of sp³-hybridized carbons (Fsp3) is 0.188. The second-order valence-corrected chi connectivity index (χ2v) is 9.10. The number of para-hydroxylation sites is 2. The van der Waals surface area contributed by atoms with Crippen molar-refractivity contribution >= 4 is 24.3 Å². The van der Waals surface area contributed by atoms with Crippen molar-refractivity contribution in [3.8, 4) is 35.0 Å². The van der Waals surface area contributed by atoms with Crippen LogP contribution in [0.15, 0.2) is 83.1 Å². The minimum Gasteiger partial charge on any atom is -0.342 e. The molecule has 2 aliphatic rings. The smallest absolute Gasteiger partial charge is 0.282 e. The molecule has 3 heterocycles. The number of hydrogen-bond donors (Lipinski definition) is 0. The molecule has 0 atom stereocenters. The predicted molar refractivity (Wildman–Crippen MR) is 164 cm³/mol. The largest absolute Gasteiger partial charge is 0.342 e. The summed E-state index contributed by atoms with van der Waals surface area (Å²) in [5.74, 6) is 1.93. The van der Waals surface area contributed by atoms with E-state index in [4.69, 9.17) is 0 Å². The number of pyridine rings is 1. The third-order valence-electron chi connectivity index (χ3n) is 6.55. The number of aromatic nitrogens is 5. The number of anilines is 1. The molecule has 0 N–H and O–H groups in total. The fourth-order valence-electron chi connectivity index (χ4n) is 4.62. The topological polar surface area (TPSA) is 73.2 Å². The van der Waals surface area contributed by atoms with Gasteiger partial charge >= 0.3 is 0 Å². The summed E-state index contributed by atoms with van der Waals surface area (Å²) in [6.45, 7) is 9.29. The zero-order valence-electron chi connectivity index (χ0n) is 23.6. The van der Waals surface area contributed by atoms with E-state index in [0.717, 1.165) is 11.3 Å². The molecule has 1 aromatic heterocycles. The van der Waals surface area contributed by atoms with Crippen LogP contribution >= 0.6 is 0 Å². The minimum atomic E-state index is -0.333. The van der Waals surface area contributed by atoms with Crippen molar-refractivity contribution in [2.75, 3.05) is 12.1 Å². The van der Waals surface area contributed by atoms with Gasteiger partial charge in [-0.05, 0) is 56.2 Å². The molecule has 0 bridgehead atoms. The Morgan fingerprint density at radius 3 is 2.51 bits per heavy atom. The van der Waals surface area contributed by atoms with E-state index in [0.29, 0.717) is 39.7 Å². The molecular formula is C32H32FN7O. The molecule has 41 heavy (non-hydrogen) atoms. The van der Waals surface area contributed by atoms with Crippen LogP contribution in [-0.4, -0.2) is 37.9 Å². The molecule has 0 aliphatic carbocycles. The number of terminal acetylenes is 1. The third-order valence-corrected chi connectivity index (χ3v) is 6.55. The third kappa shape index (κ3) is 5.72. The van der Waals surface area contributed by atoms with Crippen molar-refractivity contribution in [3.05, 3.63) is 99.7 Å². The molecular weight excluding hydrogens is 517 g/mol. The average Bonchev–Trinajstić information content (AvgIpc) is 3.65. The van der Waals surface area contributed by atoms with E-state index in [1.54, 1.807) is 49.0 Å². The van der Waals surface area contributed by atoms with Gasteiger partial charge in [-0.3, -0.25) is 9.80 Å². The van der Waals surface area contributed by atoms with Gasteiger partial charge in [0, 0.05) is 44.2 Å². The highest BCUT2D eigenvalue weighted by Crippen LogP contribution is 2.24. The monoisotopic (exact) mass is 549 g/mol. The number of rotatable bonds is 7. The van der Waals surface area contributed by atoms with E-state index in [1.807, 2.05) is 72.3 Å². The first-order chi connectivity index (χ1) is 19.9. The van der Waals surface area contributed by atoms with Gasteiger partial charge < -0.3 is 4.57 Å². The number of hydrazone groups is 1. The maximum absolute atomic E-state index is 15.5. The molecule has 0 radical (unpaired) electrons. The minimum absolute atomic E-state index is 0.180. The highest BCUT2D eigenvalue weighted by atomic mass is 19.1. The Labute approximate surface area is 238 Å². The number of hydrogen-bond acceptors (Lipinski definition) is 5. The molecule has 208 valence electrons. The van der Waals surface area contributed by atoms with Gasteiger partial charge in [0.25, 0.3) is 5.56 Å². The number of benzene rings is 2. The normalized spacial score (nSPS) is 12.0. The van der Waals surface area contributed by atoms with Crippen molar-refractivity contribution in [3.63, 3.8) is 0 Å². The van der Waals surface area contributed by atoms with Crippen LogP contribution in [0.1, 0.15) is 32.8 Å². The Bertz CT molecular complexity index is 1840. The molecule has 2 aromatic carbocycles. The van der Waals surface area contributed by atoms with Gasteiger partial charge in [-0.25, -0.2) is 9.07 Å². The second kappa shape index (κ2) is 12.7. The molecule has 2 aliphatic heterocycles. The van der Waals surface area contributed by atoms with E-state index in [1.165, 1.54) is 4.68 Å². The van der Waals surface area contributed by atoms with Crippen molar-refractivity contribution in [2.45, 2.75) is 33.7 Å². The zero-order valence-corrected chi connectivity index (χ0v) is 23.6. The predicted octanol–water partition coefficient (Wildman–Crippen LogP) is 4.35. The number of nitrogens with zero attached hydrogens (tertiary/aromatic N) is 7. The first-order valence-corrected chi connectivity index (χ1v) is 13.1. The summed E-state index contributed by atoms with van der Waals surface area (Å²) in [4.78, 5) is 13.7. The summed E-state index contributed by atoms with van der Waals surface area (Å²) in [6.07, 6.45) is 12.0. The van der Waals surface area contributed by atoms with E-state index in [-0.39, 0.29) is 17.8 Å². The average molecular weight is 550 g/mol. The molecule has 5 rings (SSSR count). The first kappa shape index (κ1) is 28.8. The van der Waals surface area contributed by atoms with Crippen LogP contribution in [0, 0.1) is 12.3 Å². The summed E-state index contributed by atoms with van der Waals surface area (Å²) in [5, 5.41) is 15.4. The lowest BCUT2D eigenvalue weighted by Gasteiger charge is -2.15. The molecule has 0 unspecified atom stereocenters. The van der Waals surface area contributed by atoms with Gasteiger partial charge in [0.1, 0.15) is 11.5 Å². The molecule has 0 spiro atoms. The van der Waals surface area contributed by atoms with Gasteiger partial charge in [-0.1, -0.05) is 37.3 Å². The lowest BCUT2D eigenvalue weighted by molar-refractivity contribution is 0.696. The van der Waals surface area contributed by atoms with E-state index < -0.39 is 0 Å². The summed E-state index contributed by atoms with van der Waals surface area (Å²) in [7, 11) is 1.74. The maximum atomic E-state index is 15.5. The van der Waals surface area contributed by atoms with Crippen molar-refractivity contribution < 1.29 is 4.39 Å². The van der Waals surface area contributed by atoms with Crippen LogP contribution in [0.3, 0.4) is 0 Å². The van der Waals surface area contributed by atoms with Crippen molar-refractivity contribution in [2.24, 2.45) is 5.10 Å². The van der Waals surface area contributed by atoms with Gasteiger partial charge in [-0.2, -0.15) is 20.0 Å². The van der Waals surface area contributed by atoms with Crippen LogP contribution in [-0.2, 0) is 6.54 Å². The lowest BCUT2D eigenvalue weighted by Crippen LogP contribution is -2.39. The highest BCUT2D eigenvalue weighted by Gasteiger charge is 2.23. The molecule has 0 fully saturated rings. The quantitative estimate of drug-likeness (QED) is 0.172. The van der Waals surface area contributed by atoms with Crippen molar-refractivity contribution in [1.82, 2.24) is 24.1 Å².